The Hall–Kier alpha value is -2.84. The lowest BCUT2D eigenvalue weighted by Crippen LogP contribution is -2.19. The van der Waals surface area contributed by atoms with Crippen LogP contribution in [0, 0.1) is 0 Å². The Labute approximate surface area is 169 Å². The van der Waals surface area contributed by atoms with Crippen molar-refractivity contribution in [1.82, 2.24) is 4.90 Å². The number of allylic oxidation sites excluding steroid dienone is 1. The van der Waals surface area contributed by atoms with Crippen LogP contribution >= 0.6 is 0 Å². The maximum atomic E-state index is 6.21. The maximum Gasteiger partial charge on any atom is 0.127 e. The molecule has 0 saturated carbocycles. The van der Waals surface area contributed by atoms with Gasteiger partial charge < -0.3 is 9.64 Å². The van der Waals surface area contributed by atoms with Crippen molar-refractivity contribution in [2.45, 2.75) is 13.3 Å². The molecule has 0 aromatic heterocycles. The van der Waals surface area contributed by atoms with E-state index >= 15 is 0 Å². The zero-order valence-corrected chi connectivity index (χ0v) is 17.1. The van der Waals surface area contributed by atoms with Gasteiger partial charge >= 0.3 is 0 Å². The van der Waals surface area contributed by atoms with Crippen LogP contribution in [0.3, 0.4) is 0 Å². The maximum absolute atomic E-state index is 6.21. The van der Waals surface area contributed by atoms with E-state index in [1.807, 2.05) is 6.07 Å². The number of benzene rings is 3. The zero-order chi connectivity index (χ0) is 19.8. The third-order valence-corrected chi connectivity index (χ3v) is 4.79. The summed E-state index contributed by atoms with van der Waals surface area (Å²) in [5.74, 6) is 0.935. The molecular formula is C26H29NO. The van der Waals surface area contributed by atoms with E-state index in [-0.39, 0.29) is 0 Å². The molecule has 28 heavy (non-hydrogen) atoms. The van der Waals surface area contributed by atoms with Crippen LogP contribution in [0.15, 0.2) is 84.9 Å². The molecule has 0 spiro atoms. The fraction of sp³-hybridized carbons (Fsp3) is 0.231. The minimum atomic E-state index is 0.666. The lowest BCUT2D eigenvalue weighted by Gasteiger charge is -2.20. The summed E-state index contributed by atoms with van der Waals surface area (Å²) in [6.07, 6.45) is 0.945. The fourth-order valence-electron chi connectivity index (χ4n) is 3.40. The van der Waals surface area contributed by atoms with Gasteiger partial charge in [0.2, 0.25) is 0 Å². The second-order valence-corrected chi connectivity index (χ2v) is 7.09. The van der Waals surface area contributed by atoms with Crippen LogP contribution in [0.5, 0.6) is 5.75 Å². The second kappa shape index (κ2) is 9.91. The summed E-state index contributed by atoms with van der Waals surface area (Å²) in [7, 11) is 4.13. The third kappa shape index (κ3) is 4.90. The standard InChI is InChI=1S/C26H29NO/c1-4-23(21-13-7-5-8-14-21)26(22-15-9-6-10-16-22)24-17-11-12-18-25(24)28-20-19-27(2)3/h5-18H,4,19-20H2,1-3H3/b26-23+. The Bertz CT molecular complexity index is 898. The predicted molar refractivity (Wildman–Crippen MR) is 120 cm³/mol. The SMILES string of the molecule is CC/C(=C(/c1ccccc1)c1ccccc1OCCN(C)C)c1ccccc1. The quantitative estimate of drug-likeness (QED) is 0.451. The van der Waals surface area contributed by atoms with Gasteiger partial charge in [-0.3, -0.25) is 0 Å². The van der Waals surface area contributed by atoms with Crippen LogP contribution in [0.4, 0.5) is 0 Å². The van der Waals surface area contributed by atoms with Crippen molar-refractivity contribution in [3.8, 4) is 5.75 Å². The van der Waals surface area contributed by atoms with Crippen LogP contribution < -0.4 is 4.74 Å². The molecule has 3 rings (SSSR count). The Morgan fingerprint density at radius 3 is 1.93 bits per heavy atom. The van der Waals surface area contributed by atoms with Gasteiger partial charge in [-0.2, -0.15) is 0 Å². The van der Waals surface area contributed by atoms with Crippen LogP contribution in [0.1, 0.15) is 30.0 Å². The summed E-state index contributed by atoms with van der Waals surface area (Å²) < 4.78 is 6.21. The lowest BCUT2D eigenvalue weighted by molar-refractivity contribution is 0.261. The van der Waals surface area contributed by atoms with Gasteiger partial charge in [-0.25, -0.2) is 0 Å². The van der Waals surface area contributed by atoms with Crippen LogP contribution in [-0.2, 0) is 0 Å². The van der Waals surface area contributed by atoms with Crippen LogP contribution in [0.25, 0.3) is 11.1 Å². The molecule has 0 saturated heterocycles. The molecule has 0 radical (unpaired) electrons. The highest BCUT2D eigenvalue weighted by Crippen LogP contribution is 2.38. The monoisotopic (exact) mass is 371 g/mol. The number of hydrogen-bond donors (Lipinski definition) is 0. The highest BCUT2D eigenvalue weighted by molar-refractivity contribution is 5.99. The van der Waals surface area contributed by atoms with E-state index in [0.717, 1.165) is 24.3 Å². The highest BCUT2D eigenvalue weighted by Gasteiger charge is 2.16. The summed E-state index contributed by atoms with van der Waals surface area (Å²) in [5.41, 5.74) is 6.19. The summed E-state index contributed by atoms with van der Waals surface area (Å²) in [4.78, 5) is 2.14. The molecule has 0 unspecified atom stereocenters. The molecule has 0 fully saturated rings. The number of hydrogen-bond acceptors (Lipinski definition) is 2. The van der Waals surface area contributed by atoms with E-state index in [1.54, 1.807) is 0 Å². The smallest absolute Gasteiger partial charge is 0.127 e. The lowest BCUT2D eigenvalue weighted by atomic mass is 9.88. The molecule has 0 N–H and O–H groups in total. The zero-order valence-electron chi connectivity index (χ0n) is 17.1. The number of rotatable bonds is 8. The summed E-state index contributed by atoms with van der Waals surface area (Å²) in [5, 5.41) is 0. The van der Waals surface area contributed by atoms with Gasteiger partial charge in [0.25, 0.3) is 0 Å². The first-order valence-electron chi connectivity index (χ1n) is 9.91. The molecule has 2 heteroatoms. The average molecular weight is 372 g/mol. The average Bonchev–Trinajstić information content (AvgIpc) is 2.73. The number of likely N-dealkylation sites (N-methyl/N-ethyl adjacent to an activating group) is 1. The van der Waals surface area contributed by atoms with Gasteiger partial charge in [0.1, 0.15) is 12.4 Å². The molecule has 3 aromatic rings. The third-order valence-electron chi connectivity index (χ3n) is 4.79. The molecule has 144 valence electrons. The molecule has 0 aliphatic rings. The highest BCUT2D eigenvalue weighted by atomic mass is 16.5. The second-order valence-electron chi connectivity index (χ2n) is 7.09. The summed E-state index contributed by atoms with van der Waals surface area (Å²) >= 11 is 0. The van der Waals surface area contributed by atoms with Gasteiger partial charge in [-0.15, -0.1) is 0 Å². The number of para-hydroxylation sites is 1. The van der Waals surface area contributed by atoms with E-state index in [0.29, 0.717) is 6.61 Å². The Morgan fingerprint density at radius 2 is 1.32 bits per heavy atom. The normalized spacial score (nSPS) is 12.0. The summed E-state index contributed by atoms with van der Waals surface area (Å²) in [6.45, 7) is 3.78. The topological polar surface area (TPSA) is 12.5 Å². The first kappa shape index (κ1) is 19.9. The van der Waals surface area contributed by atoms with Crippen molar-refractivity contribution in [3.05, 3.63) is 102 Å². The molecule has 0 amide bonds. The van der Waals surface area contributed by atoms with E-state index in [4.69, 9.17) is 4.74 Å². The first-order chi connectivity index (χ1) is 13.7. The molecule has 0 bridgehead atoms. The minimum absolute atomic E-state index is 0.666. The predicted octanol–water partition coefficient (Wildman–Crippen LogP) is 6.00. The Morgan fingerprint density at radius 1 is 0.750 bits per heavy atom. The van der Waals surface area contributed by atoms with E-state index in [9.17, 15) is 0 Å². The van der Waals surface area contributed by atoms with E-state index < -0.39 is 0 Å². The van der Waals surface area contributed by atoms with Crippen molar-refractivity contribution in [2.24, 2.45) is 0 Å². The molecule has 0 atom stereocenters. The van der Waals surface area contributed by atoms with Gasteiger partial charge in [0.05, 0.1) is 0 Å². The van der Waals surface area contributed by atoms with Crippen molar-refractivity contribution in [2.75, 3.05) is 27.2 Å². The van der Waals surface area contributed by atoms with Gasteiger partial charge in [-0.05, 0) is 48.9 Å². The summed E-state index contributed by atoms with van der Waals surface area (Å²) in [6, 6.07) is 29.7. The molecule has 0 aliphatic carbocycles. The van der Waals surface area contributed by atoms with Crippen LogP contribution in [0.2, 0.25) is 0 Å². The van der Waals surface area contributed by atoms with Gasteiger partial charge in [-0.1, -0.05) is 85.8 Å². The Kier molecular flexibility index (Phi) is 7.05. The molecule has 0 heterocycles. The molecule has 2 nitrogen and oxygen atoms in total. The van der Waals surface area contributed by atoms with Crippen LogP contribution in [-0.4, -0.2) is 32.1 Å². The fourth-order valence-corrected chi connectivity index (χ4v) is 3.40. The van der Waals surface area contributed by atoms with E-state index in [2.05, 4.69) is 105 Å². The van der Waals surface area contributed by atoms with Gasteiger partial charge in [0.15, 0.2) is 0 Å². The van der Waals surface area contributed by atoms with Gasteiger partial charge in [0, 0.05) is 12.1 Å². The molecule has 0 aliphatic heterocycles. The molecule has 3 aromatic carbocycles. The Balaban J connectivity index is 2.15. The number of ether oxygens (including phenoxy) is 1. The number of nitrogens with zero attached hydrogens (tertiary/aromatic N) is 1. The first-order valence-corrected chi connectivity index (χ1v) is 9.91. The van der Waals surface area contributed by atoms with Crippen molar-refractivity contribution in [3.63, 3.8) is 0 Å². The van der Waals surface area contributed by atoms with Crippen molar-refractivity contribution in [1.29, 1.82) is 0 Å². The molecular weight excluding hydrogens is 342 g/mol. The van der Waals surface area contributed by atoms with Crippen molar-refractivity contribution >= 4 is 11.1 Å². The minimum Gasteiger partial charge on any atom is -0.492 e. The van der Waals surface area contributed by atoms with Crippen molar-refractivity contribution < 1.29 is 4.74 Å². The van der Waals surface area contributed by atoms with E-state index in [1.165, 1.54) is 22.3 Å². The largest absolute Gasteiger partial charge is 0.492 e.